The molecule has 3 heterocycles. The SMILES string of the molecule is CC(C)(C)[S+]([O-])N[C@@H](c1cc(Oc2ccc(C(F)(F)F)nc2)ccc1F)[C@@H](F)C[C@@H]1C(=O)NC(=O)N(C2CCOCC2)C1=O. The minimum atomic E-state index is -4.68. The summed E-state index contributed by atoms with van der Waals surface area (Å²) in [5, 5.41) is 2.09. The van der Waals surface area contributed by atoms with Crippen molar-refractivity contribution < 1.29 is 50.4 Å². The molecule has 1 unspecified atom stereocenters. The van der Waals surface area contributed by atoms with Gasteiger partial charge in [0.15, 0.2) is 0 Å². The number of carbonyl (C=O) groups excluding carboxylic acids is 3. The highest BCUT2D eigenvalue weighted by molar-refractivity contribution is 7.90. The number of pyridine rings is 1. The standard InChI is InChI=1S/C28H31F5N4O6S/c1-27(2,3)44(41)36-23(18-12-16(4-6-20(18)29)43-17-5-7-22(34-14-17)28(31,32)33)21(30)13-19-24(38)35-26(40)37(25(19)39)15-8-10-42-11-9-15/h4-7,12,14-15,19,21,23,36H,8-11,13H2,1-3H3,(H,35,38,40)/t19-,21+,23+,44?/m1/s1. The number of alkyl halides is 4. The Hall–Kier alpha value is -3.34. The highest BCUT2D eigenvalue weighted by Crippen LogP contribution is 2.35. The van der Waals surface area contributed by atoms with E-state index in [-0.39, 0.29) is 30.3 Å². The Morgan fingerprint density at radius 1 is 1.14 bits per heavy atom. The molecule has 1 aromatic carbocycles. The molecule has 16 heteroatoms. The highest BCUT2D eigenvalue weighted by Gasteiger charge is 2.46. The van der Waals surface area contributed by atoms with E-state index in [9.17, 15) is 32.1 Å². The summed E-state index contributed by atoms with van der Waals surface area (Å²) in [6, 6.07) is 1.67. The fourth-order valence-electron chi connectivity index (χ4n) is 4.68. The van der Waals surface area contributed by atoms with Crippen LogP contribution >= 0.6 is 0 Å². The van der Waals surface area contributed by atoms with Crippen molar-refractivity contribution in [2.45, 2.75) is 69.2 Å². The topological polar surface area (TPSA) is 133 Å². The number of barbiturate groups is 1. The van der Waals surface area contributed by atoms with Crippen LogP contribution in [0.2, 0.25) is 0 Å². The summed E-state index contributed by atoms with van der Waals surface area (Å²) >= 11 is -1.97. The number of rotatable bonds is 9. The summed E-state index contributed by atoms with van der Waals surface area (Å²) in [6.45, 7) is 5.34. The van der Waals surface area contributed by atoms with Crippen LogP contribution in [-0.2, 0) is 31.9 Å². The first-order valence-electron chi connectivity index (χ1n) is 13.6. The van der Waals surface area contributed by atoms with Crippen LogP contribution in [-0.4, -0.2) is 62.5 Å². The number of aromatic nitrogens is 1. The molecule has 4 atom stereocenters. The number of nitrogens with one attached hydrogen (secondary N) is 2. The number of imide groups is 2. The van der Waals surface area contributed by atoms with Crippen LogP contribution in [0.1, 0.15) is 57.3 Å². The van der Waals surface area contributed by atoms with Gasteiger partial charge in [0.2, 0.25) is 11.8 Å². The van der Waals surface area contributed by atoms with E-state index < -0.39 is 82.2 Å². The van der Waals surface area contributed by atoms with E-state index in [0.29, 0.717) is 18.9 Å². The minimum Gasteiger partial charge on any atom is -0.598 e. The third-order valence-electron chi connectivity index (χ3n) is 7.03. The van der Waals surface area contributed by atoms with Gasteiger partial charge < -0.3 is 14.0 Å². The predicted octanol–water partition coefficient (Wildman–Crippen LogP) is 4.73. The monoisotopic (exact) mass is 646 g/mol. The Morgan fingerprint density at radius 2 is 1.80 bits per heavy atom. The van der Waals surface area contributed by atoms with Crippen LogP contribution in [0.4, 0.5) is 26.7 Å². The number of benzene rings is 1. The lowest BCUT2D eigenvalue weighted by atomic mass is 9.91. The summed E-state index contributed by atoms with van der Waals surface area (Å²) in [5.41, 5.74) is -1.54. The van der Waals surface area contributed by atoms with Crippen LogP contribution in [0.15, 0.2) is 36.5 Å². The quantitative estimate of drug-likeness (QED) is 0.227. The Balaban J connectivity index is 1.61. The molecule has 4 amide bonds. The normalized spacial score (nSPS) is 20.7. The second-order valence-electron chi connectivity index (χ2n) is 11.3. The van der Waals surface area contributed by atoms with Gasteiger partial charge in [0, 0.05) is 42.6 Å². The number of halogens is 5. The molecule has 2 saturated heterocycles. The zero-order valence-electron chi connectivity index (χ0n) is 24.0. The third kappa shape index (κ3) is 7.83. The van der Waals surface area contributed by atoms with E-state index >= 15 is 8.78 Å². The number of carbonyl (C=O) groups is 3. The van der Waals surface area contributed by atoms with Crippen molar-refractivity contribution in [2.75, 3.05) is 13.2 Å². The molecule has 240 valence electrons. The van der Waals surface area contributed by atoms with E-state index in [1.165, 1.54) is 0 Å². The number of ether oxygens (including phenoxy) is 2. The molecule has 2 aromatic rings. The molecule has 0 bridgehead atoms. The summed E-state index contributed by atoms with van der Waals surface area (Å²) < 4.78 is 95.5. The molecule has 2 aliphatic rings. The average Bonchev–Trinajstić information content (AvgIpc) is 2.94. The van der Waals surface area contributed by atoms with Crippen LogP contribution in [0.3, 0.4) is 0 Å². The molecule has 0 aliphatic carbocycles. The van der Waals surface area contributed by atoms with Crippen LogP contribution in [0, 0.1) is 11.7 Å². The Kier molecular flexibility index (Phi) is 10.2. The van der Waals surface area contributed by atoms with Crippen molar-refractivity contribution >= 4 is 29.2 Å². The van der Waals surface area contributed by atoms with E-state index in [4.69, 9.17) is 9.47 Å². The smallest absolute Gasteiger partial charge is 0.433 e. The molecular weight excluding hydrogens is 615 g/mol. The molecule has 2 fully saturated rings. The van der Waals surface area contributed by atoms with Crippen molar-refractivity contribution in [3.05, 3.63) is 53.6 Å². The molecular formula is C28H31F5N4O6S. The van der Waals surface area contributed by atoms with Gasteiger partial charge in [-0.25, -0.2) is 18.6 Å². The number of nitrogens with zero attached hydrogens (tertiary/aromatic N) is 2. The number of amides is 4. The van der Waals surface area contributed by atoms with Crippen LogP contribution in [0.5, 0.6) is 11.5 Å². The number of hydrogen-bond donors (Lipinski definition) is 2. The van der Waals surface area contributed by atoms with Crippen molar-refractivity contribution in [3.8, 4) is 11.5 Å². The fourth-order valence-corrected chi connectivity index (χ4v) is 5.54. The molecule has 44 heavy (non-hydrogen) atoms. The third-order valence-corrected chi connectivity index (χ3v) is 8.62. The Labute approximate surface area is 253 Å². The zero-order valence-corrected chi connectivity index (χ0v) is 24.8. The van der Waals surface area contributed by atoms with Crippen LogP contribution < -0.4 is 14.8 Å². The molecule has 10 nitrogen and oxygen atoms in total. The van der Waals surface area contributed by atoms with Gasteiger partial charge in [-0.3, -0.25) is 19.8 Å². The van der Waals surface area contributed by atoms with E-state index in [1.807, 2.05) is 0 Å². The molecule has 2 N–H and O–H groups in total. The highest BCUT2D eigenvalue weighted by atomic mass is 32.2. The van der Waals surface area contributed by atoms with Crippen LogP contribution in [0.25, 0.3) is 0 Å². The minimum absolute atomic E-state index is 0.105. The first kappa shape index (κ1) is 33.6. The van der Waals surface area contributed by atoms with Crippen molar-refractivity contribution in [1.82, 2.24) is 19.9 Å². The van der Waals surface area contributed by atoms with Gasteiger partial charge in [-0.1, -0.05) is 0 Å². The molecule has 4 rings (SSSR count). The van der Waals surface area contributed by atoms with Crippen molar-refractivity contribution in [1.29, 1.82) is 0 Å². The second kappa shape index (κ2) is 13.3. The lowest BCUT2D eigenvalue weighted by molar-refractivity contribution is -0.146. The number of urea groups is 1. The zero-order chi connectivity index (χ0) is 32.4. The van der Waals surface area contributed by atoms with Gasteiger partial charge in [-0.15, -0.1) is 4.72 Å². The van der Waals surface area contributed by atoms with E-state index in [2.05, 4.69) is 15.0 Å². The van der Waals surface area contributed by atoms with Gasteiger partial charge in [0.05, 0.1) is 6.20 Å². The van der Waals surface area contributed by atoms with Crippen molar-refractivity contribution in [2.24, 2.45) is 5.92 Å². The molecule has 0 spiro atoms. The van der Waals surface area contributed by atoms with Gasteiger partial charge in [-0.2, -0.15) is 13.2 Å². The van der Waals surface area contributed by atoms with E-state index in [1.54, 1.807) is 20.8 Å². The van der Waals surface area contributed by atoms with Gasteiger partial charge in [-0.05, 0) is 63.9 Å². The maximum Gasteiger partial charge on any atom is 0.433 e. The largest absolute Gasteiger partial charge is 0.598 e. The fraction of sp³-hybridized carbons (Fsp3) is 0.500. The Morgan fingerprint density at radius 3 is 2.39 bits per heavy atom. The van der Waals surface area contributed by atoms with Gasteiger partial charge in [0.25, 0.3) is 0 Å². The molecule has 0 radical (unpaired) electrons. The van der Waals surface area contributed by atoms with Gasteiger partial charge >= 0.3 is 12.2 Å². The average molecular weight is 647 g/mol. The number of hydrogen-bond acceptors (Lipinski definition) is 8. The second-order valence-corrected chi connectivity index (χ2v) is 13.3. The maximum atomic E-state index is 16.2. The van der Waals surface area contributed by atoms with E-state index in [0.717, 1.165) is 35.4 Å². The molecule has 1 aromatic heterocycles. The van der Waals surface area contributed by atoms with Crippen molar-refractivity contribution in [3.63, 3.8) is 0 Å². The Bertz CT molecular complexity index is 1370. The van der Waals surface area contributed by atoms with Gasteiger partial charge in [0.1, 0.15) is 45.9 Å². The lowest BCUT2D eigenvalue weighted by Gasteiger charge is -2.38. The molecule has 2 aliphatic heterocycles. The summed E-state index contributed by atoms with van der Waals surface area (Å²) in [6.07, 6.45) is -6.17. The first-order valence-corrected chi connectivity index (χ1v) is 14.8. The summed E-state index contributed by atoms with van der Waals surface area (Å²) in [5.74, 6) is -4.75. The lowest BCUT2D eigenvalue weighted by Crippen LogP contribution is -2.62. The summed E-state index contributed by atoms with van der Waals surface area (Å²) in [7, 11) is 0. The maximum absolute atomic E-state index is 16.2. The molecule has 0 saturated carbocycles. The predicted molar refractivity (Wildman–Crippen MR) is 147 cm³/mol. The first-order chi connectivity index (χ1) is 20.6. The summed E-state index contributed by atoms with van der Waals surface area (Å²) in [4.78, 5) is 42.7.